The van der Waals surface area contributed by atoms with Crippen LogP contribution in [0, 0.1) is 0 Å². The molecule has 0 radical (unpaired) electrons. The third kappa shape index (κ3) is 2.59. The highest BCUT2D eigenvalue weighted by atomic mass is 19.4. The predicted molar refractivity (Wildman–Crippen MR) is 46.8 cm³/mol. The molecule has 1 aromatic heterocycles. The van der Waals surface area contributed by atoms with Crippen LogP contribution < -0.4 is 11.1 Å². The highest BCUT2D eigenvalue weighted by Crippen LogP contribution is 2.33. The molecule has 0 bridgehead atoms. The van der Waals surface area contributed by atoms with Gasteiger partial charge in [0.1, 0.15) is 5.82 Å². The Bertz CT molecular complexity index is 298. The van der Waals surface area contributed by atoms with Gasteiger partial charge in [-0.3, -0.25) is 0 Å². The van der Waals surface area contributed by atoms with Gasteiger partial charge in [0.2, 0.25) is 0 Å². The minimum Gasteiger partial charge on any atom is -0.368 e. The SMILES string of the molecule is NCCNc1ncccc1C(F)(F)F. The zero-order chi connectivity index (χ0) is 10.6. The summed E-state index contributed by atoms with van der Waals surface area (Å²) in [6.07, 6.45) is -3.08. The van der Waals surface area contributed by atoms with Gasteiger partial charge in [-0.25, -0.2) is 4.98 Å². The van der Waals surface area contributed by atoms with Crippen LogP contribution in [0.3, 0.4) is 0 Å². The van der Waals surface area contributed by atoms with E-state index in [0.29, 0.717) is 0 Å². The smallest absolute Gasteiger partial charge is 0.368 e. The molecular formula is C8H10F3N3. The van der Waals surface area contributed by atoms with Gasteiger partial charge in [-0.1, -0.05) is 0 Å². The van der Waals surface area contributed by atoms with E-state index in [1.54, 1.807) is 0 Å². The molecule has 6 heteroatoms. The fraction of sp³-hybridized carbons (Fsp3) is 0.375. The van der Waals surface area contributed by atoms with Crippen LogP contribution in [0.4, 0.5) is 19.0 Å². The van der Waals surface area contributed by atoms with Gasteiger partial charge in [-0.15, -0.1) is 0 Å². The van der Waals surface area contributed by atoms with Crippen LogP contribution in [-0.4, -0.2) is 18.1 Å². The normalized spacial score (nSPS) is 11.4. The molecule has 1 rings (SSSR count). The Morgan fingerprint density at radius 1 is 1.43 bits per heavy atom. The lowest BCUT2D eigenvalue weighted by Gasteiger charge is -2.12. The number of alkyl halides is 3. The van der Waals surface area contributed by atoms with Gasteiger partial charge >= 0.3 is 6.18 Å². The van der Waals surface area contributed by atoms with E-state index in [2.05, 4.69) is 10.3 Å². The molecule has 0 saturated carbocycles. The number of anilines is 1. The Labute approximate surface area is 79.1 Å². The molecule has 78 valence electrons. The average molecular weight is 205 g/mol. The van der Waals surface area contributed by atoms with E-state index in [4.69, 9.17) is 5.73 Å². The fourth-order valence-electron chi connectivity index (χ4n) is 0.965. The molecule has 0 aliphatic rings. The summed E-state index contributed by atoms with van der Waals surface area (Å²) in [6.45, 7) is 0.522. The van der Waals surface area contributed by atoms with Crippen molar-refractivity contribution >= 4 is 5.82 Å². The summed E-state index contributed by atoms with van der Waals surface area (Å²) in [5.74, 6) is -0.176. The van der Waals surface area contributed by atoms with Crippen molar-refractivity contribution in [3.8, 4) is 0 Å². The van der Waals surface area contributed by atoms with Gasteiger partial charge in [0.05, 0.1) is 5.56 Å². The summed E-state index contributed by atoms with van der Waals surface area (Å²) < 4.78 is 37.1. The first-order valence-electron chi connectivity index (χ1n) is 4.02. The number of nitrogens with two attached hydrogens (primary N) is 1. The molecule has 0 aliphatic carbocycles. The predicted octanol–water partition coefficient (Wildman–Crippen LogP) is 1.47. The van der Waals surface area contributed by atoms with E-state index < -0.39 is 11.7 Å². The maximum absolute atomic E-state index is 12.4. The number of nitrogens with zero attached hydrogens (tertiary/aromatic N) is 1. The summed E-state index contributed by atoms with van der Waals surface area (Å²) in [6, 6.07) is 2.22. The number of rotatable bonds is 3. The van der Waals surface area contributed by atoms with Crippen molar-refractivity contribution in [2.75, 3.05) is 18.4 Å². The molecule has 0 aliphatic heterocycles. The Hall–Kier alpha value is -1.30. The van der Waals surface area contributed by atoms with Crippen molar-refractivity contribution < 1.29 is 13.2 Å². The van der Waals surface area contributed by atoms with E-state index in [1.807, 2.05) is 0 Å². The Kier molecular flexibility index (Phi) is 3.29. The highest BCUT2D eigenvalue weighted by molar-refractivity contribution is 5.45. The molecule has 14 heavy (non-hydrogen) atoms. The van der Waals surface area contributed by atoms with Gasteiger partial charge in [0.25, 0.3) is 0 Å². The first kappa shape index (κ1) is 10.8. The first-order chi connectivity index (χ1) is 6.55. The molecule has 0 spiro atoms. The third-order valence-electron chi connectivity index (χ3n) is 1.55. The lowest BCUT2D eigenvalue weighted by atomic mass is 10.2. The number of hydrogen-bond donors (Lipinski definition) is 2. The van der Waals surface area contributed by atoms with Gasteiger partial charge in [-0.2, -0.15) is 13.2 Å². The molecule has 3 N–H and O–H groups in total. The molecule has 0 atom stereocenters. The number of halogens is 3. The van der Waals surface area contributed by atoms with Crippen LogP contribution in [0.25, 0.3) is 0 Å². The largest absolute Gasteiger partial charge is 0.419 e. The van der Waals surface area contributed by atoms with E-state index in [0.717, 1.165) is 6.07 Å². The number of aromatic nitrogens is 1. The number of hydrogen-bond acceptors (Lipinski definition) is 3. The summed E-state index contributed by atoms with van der Waals surface area (Å²) in [4.78, 5) is 3.60. The second-order valence-corrected chi connectivity index (χ2v) is 2.61. The van der Waals surface area contributed by atoms with E-state index in [-0.39, 0.29) is 18.9 Å². The topological polar surface area (TPSA) is 50.9 Å². The second-order valence-electron chi connectivity index (χ2n) is 2.61. The molecular weight excluding hydrogens is 195 g/mol. The van der Waals surface area contributed by atoms with Crippen LogP contribution in [0.2, 0.25) is 0 Å². The minimum absolute atomic E-state index is 0.176. The van der Waals surface area contributed by atoms with Crippen molar-refractivity contribution in [3.63, 3.8) is 0 Å². The van der Waals surface area contributed by atoms with Crippen LogP contribution in [-0.2, 0) is 6.18 Å². The van der Waals surface area contributed by atoms with Crippen LogP contribution in [0.15, 0.2) is 18.3 Å². The average Bonchev–Trinajstić information content (AvgIpc) is 2.14. The Morgan fingerprint density at radius 3 is 2.71 bits per heavy atom. The van der Waals surface area contributed by atoms with Gasteiger partial charge < -0.3 is 11.1 Å². The van der Waals surface area contributed by atoms with Gasteiger partial charge in [0, 0.05) is 19.3 Å². The molecule has 0 fully saturated rings. The Balaban J connectivity index is 2.92. The number of nitrogens with one attached hydrogen (secondary N) is 1. The zero-order valence-electron chi connectivity index (χ0n) is 7.30. The third-order valence-corrected chi connectivity index (χ3v) is 1.55. The van der Waals surface area contributed by atoms with Crippen LogP contribution >= 0.6 is 0 Å². The van der Waals surface area contributed by atoms with Crippen LogP contribution in [0.5, 0.6) is 0 Å². The van der Waals surface area contributed by atoms with Crippen molar-refractivity contribution in [1.29, 1.82) is 0 Å². The molecule has 3 nitrogen and oxygen atoms in total. The van der Waals surface area contributed by atoms with E-state index in [1.165, 1.54) is 12.3 Å². The summed E-state index contributed by atoms with van der Waals surface area (Å²) >= 11 is 0. The summed E-state index contributed by atoms with van der Waals surface area (Å²) in [5, 5.41) is 2.51. The molecule has 0 aromatic carbocycles. The number of pyridine rings is 1. The van der Waals surface area contributed by atoms with Crippen molar-refractivity contribution in [3.05, 3.63) is 23.9 Å². The Morgan fingerprint density at radius 2 is 2.14 bits per heavy atom. The molecule has 0 amide bonds. The maximum Gasteiger partial charge on any atom is 0.419 e. The molecule has 1 aromatic rings. The fourth-order valence-corrected chi connectivity index (χ4v) is 0.965. The molecule has 1 heterocycles. The summed E-state index contributed by atoms with van der Waals surface area (Å²) in [7, 11) is 0. The minimum atomic E-state index is -4.38. The standard InChI is InChI=1S/C8H10F3N3/c9-8(10,11)6-2-1-4-13-7(6)14-5-3-12/h1-2,4H,3,5,12H2,(H,13,14). The van der Waals surface area contributed by atoms with E-state index in [9.17, 15) is 13.2 Å². The van der Waals surface area contributed by atoms with Crippen molar-refractivity contribution in [2.45, 2.75) is 6.18 Å². The van der Waals surface area contributed by atoms with Gasteiger partial charge in [-0.05, 0) is 12.1 Å². The molecule has 0 unspecified atom stereocenters. The van der Waals surface area contributed by atoms with Crippen LogP contribution in [0.1, 0.15) is 5.56 Å². The highest BCUT2D eigenvalue weighted by Gasteiger charge is 2.33. The van der Waals surface area contributed by atoms with Crippen molar-refractivity contribution in [2.24, 2.45) is 5.73 Å². The molecule has 0 saturated heterocycles. The second kappa shape index (κ2) is 4.28. The van der Waals surface area contributed by atoms with Gasteiger partial charge in [0.15, 0.2) is 0 Å². The van der Waals surface area contributed by atoms with E-state index >= 15 is 0 Å². The first-order valence-corrected chi connectivity index (χ1v) is 4.02. The zero-order valence-corrected chi connectivity index (χ0v) is 7.30. The lowest BCUT2D eigenvalue weighted by Crippen LogP contribution is -2.17. The van der Waals surface area contributed by atoms with Crippen molar-refractivity contribution in [1.82, 2.24) is 4.98 Å². The summed E-state index contributed by atoms with van der Waals surface area (Å²) in [5.41, 5.74) is 4.39. The maximum atomic E-state index is 12.4. The lowest BCUT2D eigenvalue weighted by molar-refractivity contribution is -0.137. The monoisotopic (exact) mass is 205 g/mol. The quantitative estimate of drug-likeness (QED) is 0.785.